The second-order valence-electron chi connectivity index (χ2n) is 3.07. The number of carbonyl (C=O) groups is 1. The topological polar surface area (TPSA) is 54.3 Å². The first-order valence-electron chi connectivity index (χ1n) is 4.54. The third-order valence-electron chi connectivity index (χ3n) is 1.65. The molecule has 1 rings (SSSR count). The molecule has 0 aliphatic carbocycles. The summed E-state index contributed by atoms with van der Waals surface area (Å²) in [6, 6.07) is 3.31. The Bertz CT molecular complexity index is 322. The number of amides is 1. The predicted octanol–water partition coefficient (Wildman–Crippen LogP) is 1.05. The molecule has 0 saturated carbocycles. The highest BCUT2D eigenvalue weighted by Gasteiger charge is 2.26. The van der Waals surface area contributed by atoms with Crippen molar-refractivity contribution < 1.29 is 22.4 Å². The minimum Gasteiger partial charge on any atom is -0.467 e. The first-order chi connectivity index (χ1) is 7.47. The van der Waals surface area contributed by atoms with E-state index in [-0.39, 0.29) is 13.1 Å². The lowest BCUT2D eigenvalue weighted by Gasteiger charge is -2.07. The predicted molar refractivity (Wildman–Crippen MR) is 49.5 cm³/mol. The SMILES string of the molecule is O=C(CNCC(F)(F)F)NCc1ccco1. The van der Waals surface area contributed by atoms with Crippen molar-refractivity contribution in [2.75, 3.05) is 13.1 Å². The molecule has 2 N–H and O–H groups in total. The standard InChI is InChI=1S/C9H11F3N2O2/c10-9(11,12)6-13-5-8(15)14-4-7-2-1-3-16-7/h1-3,13H,4-6H2,(H,14,15). The smallest absolute Gasteiger partial charge is 0.401 e. The van der Waals surface area contributed by atoms with Crippen molar-refractivity contribution in [3.05, 3.63) is 24.2 Å². The van der Waals surface area contributed by atoms with E-state index in [1.807, 2.05) is 5.32 Å². The van der Waals surface area contributed by atoms with Gasteiger partial charge in [0.05, 0.1) is 25.9 Å². The van der Waals surface area contributed by atoms with Crippen LogP contribution in [-0.2, 0) is 11.3 Å². The number of carbonyl (C=O) groups excluding carboxylic acids is 1. The lowest BCUT2D eigenvalue weighted by molar-refractivity contribution is -0.128. The molecule has 0 bridgehead atoms. The summed E-state index contributed by atoms with van der Waals surface area (Å²) < 4.78 is 40.0. The fraction of sp³-hybridized carbons (Fsp3) is 0.444. The van der Waals surface area contributed by atoms with E-state index in [1.165, 1.54) is 6.26 Å². The lowest BCUT2D eigenvalue weighted by Crippen LogP contribution is -2.37. The zero-order valence-electron chi connectivity index (χ0n) is 8.30. The van der Waals surface area contributed by atoms with Crippen molar-refractivity contribution in [3.8, 4) is 0 Å². The van der Waals surface area contributed by atoms with Crippen LogP contribution in [0.3, 0.4) is 0 Å². The molecule has 7 heteroatoms. The summed E-state index contributed by atoms with van der Waals surface area (Å²) in [5.74, 6) is 0.0322. The molecular formula is C9H11F3N2O2. The fourth-order valence-corrected chi connectivity index (χ4v) is 0.979. The van der Waals surface area contributed by atoms with Crippen LogP contribution in [0.5, 0.6) is 0 Å². The van der Waals surface area contributed by atoms with Gasteiger partial charge in [0.15, 0.2) is 0 Å². The molecule has 0 saturated heterocycles. The summed E-state index contributed by atoms with van der Waals surface area (Å²) in [6.07, 6.45) is -2.86. The van der Waals surface area contributed by atoms with Crippen LogP contribution in [0.15, 0.2) is 22.8 Å². The number of halogens is 3. The molecule has 0 spiro atoms. The van der Waals surface area contributed by atoms with Crippen molar-refractivity contribution >= 4 is 5.91 Å². The minimum atomic E-state index is -4.30. The van der Waals surface area contributed by atoms with Crippen molar-refractivity contribution in [1.82, 2.24) is 10.6 Å². The highest BCUT2D eigenvalue weighted by molar-refractivity contribution is 5.77. The molecular weight excluding hydrogens is 225 g/mol. The Balaban J connectivity index is 2.12. The van der Waals surface area contributed by atoms with E-state index < -0.39 is 18.6 Å². The molecule has 0 atom stereocenters. The second-order valence-corrected chi connectivity index (χ2v) is 3.07. The number of furan rings is 1. The van der Waals surface area contributed by atoms with Crippen LogP contribution in [0.25, 0.3) is 0 Å². The highest BCUT2D eigenvalue weighted by atomic mass is 19.4. The Kier molecular flexibility index (Phi) is 4.36. The zero-order valence-corrected chi connectivity index (χ0v) is 8.30. The molecule has 0 fully saturated rings. The van der Waals surface area contributed by atoms with Gasteiger partial charge in [-0.25, -0.2) is 0 Å². The number of nitrogens with one attached hydrogen (secondary N) is 2. The van der Waals surface area contributed by atoms with Crippen molar-refractivity contribution in [2.45, 2.75) is 12.7 Å². The average molecular weight is 236 g/mol. The summed E-state index contributed by atoms with van der Waals surface area (Å²) in [5.41, 5.74) is 0. The van der Waals surface area contributed by atoms with Crippen molar-refractivity contribution in [2.24, 2.45) is 0 Å². The maximum atomic E-state index is 11.7. The van der Waals surface area contributed by atoms with Crippen LogP contribution < -0.4 is 10.6 Å². The number of hydrogen-bond donors (Lipinski definition) is 2. The van der Waals surface area contributed by atoms with Gasteiger partial charge in [0.2, 0.25) is 5.91 Å². The summed E-state index contributed by atoms with van der Waals surface area (Å²) in [4.78, 5) is 11.0. The van der Waals surface area contributed by atoms with Crippen molar-refractivity contribution in [3.63, 3.8) is 0 Å². The van der Waals surface area contributed by atoms with E-state index in [4.69, 9.17) is 4.42 Å². The number of hydrogen-bond acceptors (Lipinski definition) is 3. The van der Waals surface area contributed by atoms with Crippen LogP contribution in [0.4, 0.5) is 13.2 Å². The number of alkyl halides is 3. The monoisotopic (exact) mass is 236 g/mol. The maximum Gasteiger partial charge on any atom is 0.401 e. The molecule has 4 nitrogen and oxygen atoms in total. The molecule has 16 heavy (non-hydrogen) atoms. The molecule has 90 valence electrons. The van der Waals surface area contributed by atoms with Gasteiger partial charge >= 0.3 is 6.18 Å². The molecule has 1 amide bonds. The zero-order chi connectivity index (χ0) is 12.0. The third kappa shape index (κ3) is 5.40. The van der Waals surface area contributed by atoms with Gasteiger partial charge < -0.3 is 15.1 Å². The fourth-order valence-electron chi connectivity index (χ4n) is 0.979. The first kappa shape index (κ1) is 12.6. The maximum absolute atomic E-state index is 11.7. The molecule has 1 aromatic rings. The van der Waals surface area contributed by atoms with Crippen LogP contribution in [-0.4, -0.2) is 25.2 Å². The van der Waals surface area contributed by atoms with Gasteiger partial charge in [0.25, 0.3) is 0 Å². The van der Waals surface area contributed by atoms with Crippen molar-refractivity contribution in [1.29, 1.82) is 0 Å². The largest absolute Gasteiger partial charge is 0.467 e. The molecule has 0 aromatic carbocycles. The Morgan fingerprint density at radius 2 is 2.19 bits per heavy atom. The van der Waals surface area contributed by atoms with Crippen LogP contribution in [0.2, 0.25) is 0 Å². The third-order valence-corrected chi connectivity index (χ3v) is 1.65. The Morgan fingerprint density at radius 3 is 2.75 bits per heavy atom. The summed E-state index contributed by atoms with van der Waals surface area (Å²) in [7, 11) is 0. The van der Waals surface area contributed by atoms with E-state index in [2.05, 4.69) is 5.32 Å². The second kappa shape index (κ2) is 5.55. The van der Waals surface area contributed by atoms with Crippen LogP contribution >= 0.6 is 0 Å². The minimum absolute atomic E-state index is 0.166. The van der Waals surface area contributed by atoms with Gasteiger partial charge in [-0.3, -0.25) is 4.79 Å². The van der Waals surface area contributed by atoms with Gasteiger partial charge in [-0.15, -0.1) is 0 Å². The Labute approximate surface area is 89.8 Å². The highest BCUT2D eigenvalue weighted by Crippen LogP contribution is 2.11. The Hall–Kier alpha value is -1.50. The van der Waals surface area contributed by atoms with E-state index in [9.17, 15) is 18.0 Å². The number of rotatable bonds is 5. The molecule has 0 unspecified atom stereocenters. The summed E-state index contributed by atoms with van der Waals surface area (Å²) >= 11 is 0. The molecule has 0 aliphatic rings. The van der Waals surface area contributed by atoms with Gasteiger partial charge in [0.1, 0.15) is 5.76 Å². The van der Waals surface area contributed by atoms with Crippen LogP contribution in [0, 0.1) is 0 Å². The first-order valence-corrected chi connectivity index (χ1v) is 4.54. The normalized spacial score (nSPS) is 11.4. The van der Waals surface area contributed by atoms with Gasteiger partial charge in [0, 0.05) is 0 Å². The summed E-state index contributed by atoms with van der Waals surface area (Å²) in [5, 5.41) is 4.40. The van der Waals surface area contributed by atoms with E-state index in [0.717, 1.165) is 0 Å². The van der Waals surface area contributed by atoms with E-state index in [0.29, 0.717) is 5.76 Å². The quantitative estimate of drug-likeness (QED) is 0.803. The molecule has 1 aromatic heterocycles. The van der Waals surface area contributed by atoms with Gasteiger partial charge in [-0.2, -0.15) is 13.2 Å². The molecule has 0 aliphatic heterocycles. The molecule has 1 heterocycles. The average Bonchev–Trinajstić information content (AvgIpc) is 2.65. The van der Waals surface area contributed by atoms with E-state index in [1.54, 1.807) is 12.1 Å². The van der Waals surface area contributed by atoms with Crippen LogP contribution in [0.1, 0.15) is 5.76 Å². The molecule has 0 radical (unpaired) electrons. The summed E-state index contributed by atoms with van der Waals surface area (Å²) in [6.45, 7) is -1.39. The van der Waals surface area contributed by atoms with Gasteiger partial charge in [-0.05, 0) is 12.1 Å². The van der Waals surface area contributed by atoms with Gasteiger partial charge in [-0.1, -0.05) is 0 Å². The lowest BCUT2D eigenvalue weighted by atomic mass is 10.4. The Morgan fingerprint density at radius 1 is 1.44 bits per heavy atom. The van der Waals surface area contributed by atoms with E-state index >= 15 is 0 Å².